The largest absolute Gasteiger partial charge is 0.496 e. The highest BCUT2D eigenvalue weighted by Crippen LogP contribution is 2.33. The summed E-state index contributed by atoms with van der Waals surface area (Å²) in [5.41, 5.74) is 3.61. The van der Waals surface area contributed by atoms with Crippen LogP contribution in [0.2, 0.25) is 0 Å². The number of para-hydroxylation sites is 1. The molecule has 1 aliphatic rings. The Kier molecular flexibility index (Phi) is 11.6. The number of methoxy groups -OCH3 is 1. The van der Waals surface area contributed by atoms with Crippen LogP contribution in [-0.2, 0) is 4.84 Å². The second kappa shape index (κ2) is 14.2. The zero-order valence-corrected chi connectivity index (χ0v) is 19.7. The number of benzene rings is 1. The Labute approximate surface area is 184 Å². The normalized spacial score (nSPS) is 19.6. The summed E-state index contributed by atoms with van der Waals surface area (Å²) in [6.45, 7) is 10.3. The topological polar surface area (TPSA) is 34.1 Å². The van der Waals surface area contributed by atoms with Crippen LogP contribution in [-0.4, -0.2) is 44.0 Å². The summed E-state index contributed by atoms with van der Waals surface area (Å²) in [4.78, 5) is 8.23. The fraction of sp³-hybridized carbons (Fsp3) is 0.654. The van der Waals surface area contributed by atoms with Crippen molar-refractivity contribution in [1.82, 2.24) is 4.90 Å². The Morgan fingerprint density at radius 3 is 2.63 bits per heavy atom. The summed E-state index contributed by atoms with van der Waals surface area (Å²) in [5, 5.41) is 4.72. The van der Waals surface area contributed by atoms with Gasteiger partial charge >= 0.3 is 0 Å². The lowest BCUT2D eigenvalue weighted by molar-refractivity contribution is 0.112. The van der Waals surface area contributed by atoms with Gasteiger partial charge < -0.3 is 14.5 Å². The van der Waals surface area contributed by atoms with Gasteiger partial charge in [-0.15, -0.1) is 0 Å². The van der Waals surface area contributed by atoms with E-state index in [1.807, 2.05) is 12.1 Å². The first-order valence-electron chi connectivity index (χ1n) is 12.0. The molecule has 0 amide bonds. The van der Waals surface area contributed by atoms with Gasteiger partial charge in [0.1, 0.15) is 12.4 Å². The van der Waals surface area contributed by atoms with E-state index in [0.717, 1.165) is 37.4 Å². The molecule has 30 heavy (non-hydrogen) atoms. The molecule has 0 aromatic heterocycles. The summed E-state index contributed by atoms with van der Waals surface area (Å²) in [7, 11) is 1.74. The Hall–Kier alpha value is -1.81. The molecule has 0 unspecified atom stereocenters. The molecule has 0 radical (unpaired) electrons. The number of nitrogens with zero attached hydrogens (tertiary/aromatic N) is 2. The van der Waals surface area contributed by atoms with Gasteiger partial charge in [0, 0.05) is 18.0 Å². The Bertz CT molecular complexity index is 665. The van der Waals surface area contributed by atoms with Crippen molar-refractivity contribution in [3.05, 3.63) is 35.4 Å². The third-order valence-corrected chi connectivity index (χ3v) is 6.15. The molecular formula is C26H42N2O2. The predicted molar refractivity (Wildman–Crippen MR) is 128 cm³/mol. The summed E-state index contributed by atoms with van der Waals surface area (Å²) < 4.78 is 5.57. The maximum Gasteiger partial charge on any atom is 0.129 e. The van der Waals surface area contributed by atoms with E-state index in [2.05, 4.69) is 43.9 Å². The maximum atomic E-state index is 5.86. The van der Waals surface area contributed by atoms with Crippen molar-refractivity contribution in [2.24, 2.45) is 11.1 Å². The molecule has 0 N–H and O–H groups in total. The fourth-order valence-electron chi connectivity index (χ4n) is 4.24. The van der Waals surface area contributed by atoms with Crippen LogP contribution in [0.1, 0.15) is 77.7 Å². The van der Waals surface area contributed by atoms with E-state index in [-0.39, 0.29) is 0 Å². The van der Waals surface area contributed by atoms with E-state index in [1.54, 1.807) is 7.11 Å². The van der Waals surface area contributed by atoms with Crippen molar-refractivity contribution >= 4 is 11.8 Å². The molecule has 1 fully saturated rings. The second-order valence-electron chi connectivity index (χ2n) is 8.19. The van der Waals surface area contributed by atoms with Crippen LogP contribution in [0, 0.1) is 5.92 Å². The van der Waals surface area contributed by atoms with Gasteiger partial charge in [-0.05, 0) is 56.5 Å². The summed E-state index contributed by atoms with van der Waals surface area (Å²) in [5.74, 6) is 1.42. The molecule has 168 valence electrons. The van der Waals surface area contributed by atoms with Crippen LogP contribution in [0.25, 0.3) is 6.08 Å². The SMILES string of the molecule is CCCCCC[C@@H]1CCCC(=C\c2ccccc2OC)/C1=N/OCCN(CC)CC. The number of allylic oxidation sites excluding steroid dienone is 1. The molecule has 4 nitrogen and oxygen atoms in total. The minimum Gasteiger partial charge on any atom is -0.496 e. The lowest BCUT2D eigenvalue weighted by Gasteiger charge is -2.26. The van der Waals surface area contributed by atoms with Crippen molar-refractivity contribution < 1.29 is 9.57 Å². The van der Waals surface area contributed by atoms with Crippen molar-refractivity contribution in [2.75, 3.05) is 33.4 Å². The van der Waals surface area contributed by atoms with Gasteiger partial charge in [-0.25, -0.2) is 0 Å². The highest BCUT2D eigenvalue weighted by Gasteiger charge is 2.25. The standard InChI is InChI=1S/C26H42N2O2/c1-5-8-9-10-14-22-16-13-17-24(21-23-15-11-12-18-25(23)29-4)26(22)27-30-20-19-28(6-2)7-3/h11-12,15,18,21-22H,5-10,13-14,16-17,19-20H2,1-4H3/b24-21+,27-26+/t22-/m1/s1. The number of unbranched alkanes of at least 4 members (excludes halogenated alkanes) is 3. The van der Waals surface area contributed by atoms with Gasteiger partial charge in [-0.1, -0.05) is 69.8 Å². The van der Waals surface area contributed by atoms with E-state index in [9.17, 15) is 0 Å². The monoisotopic (exact) mass is 414 g/mol. The molecule has 1 saturated carbocycles. The van der Waals surface area contributed by atoms with Gasteiger partial charge in [0.05, 0.1) is 12.8 Å². The Morgan fingerprint density at radius 2 is 1.90 bits per heavy atom. The van der Waals surface area contributed by atoms with Gasteiger partial charge in [0.2, 0.25) is 0 Å². The second-order valence-corrected chi connectivity index (χ2v) is 8.19. The Balaban J connectivity index is 2.17. The van der Waals surface area contributed by atoms with Crippen molar-refractivity contribution in [1.29, 1.82) is 0 Å². The van der Waals surface area contributed by atoms with Crippen LogP contribution in [0.5, 0.6) is 5.75 Å². The van der Waals surface area contributed by atoms with E-state index in [1.165, 1.54) is 56.2 Å². The zero-order chi connectivity index (χ0) is 21.6. The molecule has 1 atom stereocenters. The van der Waals surface area contributed by atoms with E-state index in [4.69, 9.17) is 14.7 Å². The molecule has 1 aromatic carbocycles. The summed E-state index contributed by atoms with van der Waals surface area (Å²) >= 11 is 0. The summed E-state index contributed by atoms with van der Waals surface area (Å²) in [6.07, 6.45) is 12.2. The van der Waals surface area contributed by atoms with E-state index < -0.39 is 0 Å². The molecule has 0 aliphatic heterocycles. The van der Waals surface area contributed by atoms with Crippen molar-refractivity contribution in [2.45, 2.75) is 72.1 Å². The van der Waals surface area contributed by atoms with Crippen LogP contribution in [0.3, 0.4) is 0 Å². The highest BCUT2D eigenvalue weighted by molar-refractivity contribution is 6.05. The van der Waals surface area contributed by atoms with Crippen molar-refractivity contribution in [3.63, 3.8) is 0 Å². The predicted octanol–water partition coefficient (Wildman–Crippen LogP) is 6.56. The fourth-order valence-corrected chi connectivity index (χ4v) is 4.24. The van der Waals surface area contributed by atoms with E-state index in [0.29, 0.717) is 12.5 Å². The van der Waals surface area contributed by atoms with Crippen LogP contribution in [0.15, 0.2) is 35.0 Å². The Morgan fingerprint density at radius 1 is 1.10 bits per heavy atom. The number of likely N-dealkylation sites (N-methyl/N-ethyl adjacent to an activating group) is 1. The molecule has 0 heterocycles. The molecule has 1 aliphatic carbocycles. The molecule has 0 saturated heterocycles. The molecule has 0 bridgehead atoms. The maximum absolute atomic E-state index is 5.86. The quantitative estimate of drug-likeness (QED) is 0.271. The zero-order valence-electron chi connectivity index (χ0n) is 19.7. The average Bonchev–Trinajstić information content (AvgIpc) is 2.78. The number of ether oxygens (including phenoxy) is 1. The average molecular weight is 415 g/mol. The number of rotatable bonds is 13. The molecule has 4 heteroatoms. The van der Waals surface area contributed by atoms with Gasteiger partial charge in [0.25, 0.3) is 0 Å². The summed E-state index contributed by atoms with van der Waals surface area (Å²) in [6, 6.07) is 8.23. The third-order valence-electron chi connectivity index (χ3n) is 6.15. The molecule has 2 rings (SSSR count). The van der Waals surface area contributed by atoms with Crippen LogP contribution in [0.4, 0.5) is 0 Å². The highest BCUT2D eigenvalue weighted by atomic mass is 16.6. The van der Waals surface area contributed by atoms with E-state index >= 15 is 0 Å². The number of hydrogen-bond acceptors (Lipinski definition) is 4. The van der Waals surface area contributed by atoms with Crippen LogP contribution >= 0.6 is 0 Å². The first-order valence-corrected chi connectivity index (χ1v) is 12.0. The minimum absolute atomic E-state index is 0.505. The first kappa shape index (κ1) is 24.5. The smallest absolute Gasteiger partial charge is 0.129 e. The molecular weight excluding hydrogens is 372 g/mol. The molecule has 0 spiro atoms. The minimum atomic E-state index is 0.505. The number of hydrogen-bond donors (Lipinski definition) is 0. The van der Waals surface area contributed by atoms with Gasteiger partial charge in [0.15, 0.2) is 0 Å². The third kappa shape index (κ3) is 7.79. The van der Waals surface area contributed by atoms with Crippen molar-refractivity contribution in [3.8, 4) is 5.75 Å². The van der Waals surface area contributed by atoms with Crippen LogP contribution < -0.4 is 4.74 Å². The lowest BCUT2D eigenvalue weighted by Crippen LogP contribution is -2.27. The lowest BCUT2D eigenvalue weighted by atomic mass is 9.80. The van der Waals surface area contributed by atoms with Gasteiger partial charge in [-0.3, -0.25) is 0 Å². The number of oxime groups is 1. The molecule has 1 aromatic rings. The van der Waals surface area contributed by atoms with Gasteiger partial charge in [-0.2, -0.15) is 0 Å². The first-order chi connectivity index (χ1) is 14.7.